The summed E-state index contributed by atoms with van der Waals surface area (Å²) in [6, 6.07) is 11.2. The van der Waals surface area contributed by atoms with Gasteiger partial charge in [-0.3, -0.25) is 14.5 Å². The van der Waals surface area contributed by atoms with Gasteiger partial charge in [-0.2, -0.15) is 0 Å². The van der Waals surface area contributed by atoms with Crippen LogP contribution in [0.15, 0.2) is 46.9 Å². The zero-order chi connectivity index (χ0) is 20.5. The minimum absolute atomic E-state index is 0.314. The number of carbonyl (C=O) groups excluding carboxylic acids is 3. The Morgan fingerprint density at radius 3 is 2.46 bits per heavy atom. The van der Waals surface area contributed by atoms with Crippen LogP contribution in [0.25, 0.3) is 0 Å². The Balaban J connectivity index is 1.84. The summed E-state index contributed by atoms with van der Waals surface area (Å²) in [5.74, 6) is 0.00756. The van der Waals surface area contributed by atoms with E-state index in [9.17, 15) is 14.4 Å². The van der Waals surface area contributed by atoms with Crippen LogP contribution in [0.5, 0.6) is 11.5 Å². The number of rotatable bonds is 6. The number of hydrogen-bond donors (Lipinski definition) is 1. The van der Waals surface area contributed by atoms with Crippen LogP contribution < -0.4 is 14.8 Å². The molecule has 2 aromatic rings. The molecule has 3 amide bonds. The highest BCUT2D eigenvalue weighted by molar-refractivity contribution is 9.10. The molecule has 0 spiro atoms. The molecule has 2 aromatic carbocycles. The van der Waals surface area contributed by atoms with Crippen LogP contribution in [-0.4, -0.2) is 43.4 Å². The van der Waals surface area contributed by atoms with Crippen molar-refractivity contribution in [1.29, 1.82) is 0 Å². The number of ether oxygens (including phenoxy) is 2. The molecule has 0 aromatic heterocycles. The van der Waals surface area contributed by atoms with Gasteiger partial charge in [0.2, 0.25) is 0 Å². The predicted octanol–water partition coefficient (Wildman–Crippen LogP) is 3.12. The fourth-order valence-corrected chi connectivity index (χ4v) is 3.48. The maximum atomic E-state index is 13.0. The van der Waals surface area contributed by atoms with Crippen molar-refractivity contribution in [2.45, 2.75) is 12.5 Å². The molecule has 0 aliphatic carbocycles. The van der Waals surface area contributed by atoms with Crippen molar-refractivity contribution in [3.05, 3.63) is 58.1 Å². The van der Waals surface area contributed by atoms with E-state index in [4.69, 9.17) is 9.47 Å². The molecule has 28 heavy (non-hydrogen) atoms. The lowest BCUT2D eigenvalue weighted by molar-refractivity contribution is -0.130. The lowest BCUT2D eigenvalue weighted by Gasteiger charge is -2.22. The molecule has 1 saturated heterocycles. The fraction of sp³-hybridized carbons (Fsp3) is 0.250. The third kappa shape index (κ3) is 3.47. The first-order valence-electron chi connectivity index (χ1n) is 8.45. The number of hydrogen-bond acceptors (Lipinski definition) is 5. The van der Waals surface area contributed by atoms with Gasteiger partial charge in [0, 0.05) is 10.0 Å². The lowest BCUT2D eigenvalue weighted by atomic mass is 9.92. The van der Waals surface area contributed by atoms with Crippen molar-refractivity contribution in [3.63, 3.8) is 0 Å². The topological polar surface area (TPSA) is 84.9 Å². The van der Waals surface area contributed by atoms with E-state index >= 15 is 0 Å². The monoisotopic (exact) mass is 446 g/mol. The van der Waals surface area contributed by atoms with Crippen molar-refractivity contribution in [3.8, 4) is 11.5 Å². The summed E-state index contributed by atoms with van der Waals surface area (Å²) in [4.78, 5) is 39.0. The summed E-state index contributed by atoms with van der Waals surface area (Å²) < 4.78 is 11.1. The van der Waals surface area contributed by atoms with Gasteiger partial charge in [-0.25, -0.2) is 4.79 Å². The number of ketones is 1. The van der Waals surface area contributed by atoms with Crippen molar-refractivity contribution in [2.75, 3.05) is 20.8 Å². The molecule has 1 fully saturated rings. The average molecular weight is 447 g/mol. The van der Waals surface area contributed by atoms with Crippen LogP contribution in [-0.2, 0) is 10.3 Å². The average Bonchev–Trinajstić information content (AvgIpc) is 2.91. The zero-order valence-electron chi connectivity index (χ0n) is 15.6. The van der Waals surface area contributed by atoms with Crippen LogP contribution in [0.4, 0.5) is 4.79 Å². The predicted molar refractivity (Wildman–Crippen MR) is 106 cm³/mol. The van der Waals surface area contributed by atoms with Crippen LogP contribution in [0, 0.1) is 0 Å². The van der Waals surface area contributed by atoms with E-state index in [2.05, 4.69) is 21.2 Å². The summed E-state index contributed by atoms with van der Waals surface area (Å²) in [5.41, 5.74) is -0.297. The smallest absolute Gasteiger partial charge is 0.325 e. The molecular formula is C20H19BrN2O5. The Morgan fingerprint density at radius 1 is 1.11 bits per heavy atom. The normalized spacial score (nSPS) is 18.8. The van der Waals surface area contributed by atoms with Gasteiger partial charge in [0.25, 0.3) is 5.91 Å². The van der Waals surface area contributed by atoms with Gasteiger partial charge in [-0.05, 0) is 42.8 Å². The van der Waals surface area contributed by atoms with Crippen molar-refractivity contribution < 1.29 is 23.9 Å². The summed E-state index contributed by atoms with van der Waals surface area (Å²) in [6.07, 6.45) is 0. The Morgan fingerprint density at radius 2 is 1.82 bits per heavy atom. The van der Waals surface area contributed by atoms with Crippen molar-refractivity contribution in [2.24, 2.45) is 0 Å². The van der Waals surface area contributed by atoms with Gasteiger partial charge >= 0.3 is 6.03 Å². The summed E-state index contributed by atoms with van der Waals surface area (Å²) in [6.45, 7) is 1.25. The third-order valence-corrected chi connectivity index (χ3v) is 5.18. The number of methoxy groups -OCH3 is 2. The molecule has 8 heteroatoms. The molecule has 1 aliphatic rings. The second kappa shape index (κ2) is 7.63. The molecule has 7 nitrogen and oxygen atoms in total. The van der Waals surface area contributed by atoms with Crippen LogP contribution in [0.3, 0.4) is 0 Å². The quantitative estimate of drug-likeness (QED) is 0.544. The van der Waals surface area contributed by atoms with Gasteiger partial charge in [0.1, 0.15) is 5.54 Å². The molecule has 0 radical (unpaired) electrons. The summed E-state index contributed by atoms with van der Waals surface area (Å²) in [5, 5.41) is 2.69. The van der Waals surface area contributed by atoms with E-state index in [1.807, 2.05) is 6.07 Å². The number of imide groups is 1. The molecule has 0 bridgehead atoms. The van der Waals surface area contributed by atoms with Gasteiger partial charge in [0.15, 0.2) is 17.3 Å². The van der Waals surface area contributed by atoms with Gasteiger partial charge in [-0.15, -0.1) is 0 Å². The minimum atomic E-state index is -1.24. The molecule has 1 atom stereocenters. The van der Waals surface area contributed by atoms with Crippen LogP contribution in [0.2, 0.25) is 0 Å². The molecule has 1 heterocycles. The first-order chi connectivity index (χ1) is 13.3. The number of benzene rings is 2. The number of nitrogens with one attached hydrogen (secondary N) is 1. The van der Waals surface area contributed by atoms with E-state index in [1.165, 1.54) is 20.3 Å². The zero-order valence-corrected chi connectivity index (χ0v) is 17.2. The minimum Gasteiger partial charge on any atom is -0.493 e. The highest BCUT2D eigenvalue weighted by Gasteiger charge is 2.49. The summed E-state index contributed by atoms with van der Waals surface area (Å²) >= 11 is 3.37. The molecule has 3 rings (SSSR count). The van der Waals surface area contributed by atoms with Gasteiger partial charge in [-0.1, -0.05) is 28.1 Å². The van der Waals surface area contributed by atoms with E-state index in [-0.39, 0.29) is 12.3 Å². The number of halogens is 1. The molecule has 1 unspecified atom stereocenters. The van der Waals surface area contributed by atoms with E-state index in [0.29, 0.717) is 22.6 Å². The molecule has 0 saturated carbocycles. The highest BCUT2D eigenvalue weighted by Crippen LogP contribution is 2.31. The maximum absolute atomic E-state index is 13.0. The number of amides is 3. The van der Waals surface area contributed by atoms with Crippen molar-refractivity contribution >= 4 is 33.7 Å². The second-order valence-electron chi connectivity index (χ2n) is 6.45. The number of Topliss-reactive ketones (excluding diaryl/α,β-unsaturated/α-hetero) is 1. The van der Waals surface area contributed by atoms with E-state index in [0.717, 1.165) is 9.37 Å². The summed E-state index contributed by atoms with van der Waals surface area (Å²) in [7, 11) is 2.96. The Hall–Kier alpha value is -2.87. The fourth-order valence-electron chi connectivity index (χ4n) is 3.08. The molecule has 1 aliphatic heterocycles. The largest absolute Gasteiger partial charge is 0.493 e. The van der Waals surface area contributed by atoms with Crippen LogP contribution in [0.1, 0.15) is 22.8 Å². The standard InChI is InChI=1S/C20H19BrN2O5/c1-20(13-5-4-6-14(21)10-13)18(25)23(19(26)22-20)11-15(24)12-7-8-16(27-2)17(9-12)28-3/h4-10H,11H2,1-3H3,(H,22,26). The van der Waals surface area contributed by atoms with Gasteiger partial charge in [0.05, 0.1) is 20.8 Å². The molecule has 146 valence electrons. The Labute approximate surface area is 170 Å². The number of urea groups is 1. The van der Waals surface area contributed by atoms with E-state index < -0.39 is 17.5 Å². The number of nitrogens with zero attached hydrogens (tertiary/aromatic N) is 1. The first-order valence-corrected chi connectivity index (χ1v) is 9.25. The Kier molecular flexibility index (Phi) is 5.42. The van der Waals surface area contributed by atoms with Crippen LogP contribution >= 0.6 is 15.9 Å². The highest BCUT2D eigenvalue weighted by atomic mass is 79.9. The maximum Gasteiger partial charge on any atom is 0.325 e. The van der Waals surface area contributed by atoms with Crippen molar-refractivity contribution in [1.82, 2.24) is 10.2 Å². The molecular weight excluding hydrogens is 428 g/mol. The third-order valence-electron chi connectivity index (χ3n) is 4.68. The second-order valence-corrected chi connectivity index (χ2v) is 7.37. The first kappa shape index (κ1) is 19.9. The molecule has 1 N–H and O–H groups in total. The van der Waals surface area contributed by atoms with Gasteiger partial charge < -0.3 is 14.8 Å². The number of carbonyl (C=O) groups is 3. The lowest BCUT2D eigenvalue weighted by Crippen LogP contribution is -2.41. The SMILES string of the molecule is COc1ccc(C(=O)CN2C(=O)NC(C)(c3cccc(Br)c3)C2=O)cc1OC. The van der Waals surface area contributed by atoms with E-state index in [1.54, 1.807) is 37.3 Å². The Bertz CT molecular complexity index is 961.